The van der Waals surface area contributed by atoms with Gasteiger partial charge in [-0.3, -0.25) is 0 Å². The van der Waals surface area contributed by atoms with Crippen LogP contribution >= 0.6 is 11.6 Å². The zero-order valence-corrected chi connectivity index (χ0v) is 6.93. The summed E-state index contributed by atoms with van der Waals surface area (Å²) in [5, 5.41) is 0.394. The third-order valence-corrected chi connectivity index (χ3v) is 1.03. The molecule has 0 aliphatic rings. The molecule has 0 aliphatic heterocycles. The predicted octanol–water partition coefficient (Wildman–Crippen LogP) is 2.53. The summed E-state index contributed by atoms with van der Waals surface area (Å²) in [4.78, 5) is 13.2. The normalized spacial score (nSPS) is 11.3. The smallest absolute Gasteiger partial charge is 0.211 e. The maximum Gasteiger partial charge on any atom is 0.240 e. The van der Waals surface area contributed by atoms with Crippen LogP contribution in [0.15, 0.2) is 40.5 Å². The molecular formula is C8H8ClNO. The first-order chi connectivity index (χ1) is 5.20. The molecule has 0 fully saturated rings. The van der Waals surface area contributed by atoms with Crippen molar-refractivity contribution in [1.29, 1.82) is 0 Å². The number of hydrogen-bond acceptors (Lipinski definition) is 2. The first kappa shape index (κ1) is 9.89. The topological polar surface area (TPSA) is 29.4 Å². The molecule has 0 bridgehead atoms. The molecule has 0 saturated carbocycles. The van der Waals surface area contributed by atoms with Crippen molar-refractivity contribution in [2.24, 2.45) is 4.99 Å². The van der Waals surface area contributed by atoms with Crippen LogP contribution in [-0.4, -0.2) is 6.08 Å². The standard InChI is InChI=1S/C8H8ClNO/c1-3-8(10-6-11)5-4-7(2)9/h3-5H,2H2,1H3/b5-4-,8-3+. The van der Waals surface area contributed by atoms with Crippen molar-refractivity contribution in [2.45, 2.75) is 6.92 Å². The second-order valence-electron chi connectivity index (χ2n) is 1.70. The van der Waals surface area contributed by atoms with Crippen molar-refractivity contribution in [3.63, 3.8) is 0 Å². The van der Waals surface area contributed by atoms with Gasteiger partial charge in [0.2, 0.25) is 6.08 Å². The van der Waals surface area contributed by atoms with Crippen molar-refractivity contribution in [3.05, 3.63) is 35.5 Å². The Balaban J connectivity index is 4.33. The molecule has 11 heavy (non-hydrogen) atoms. The van der Waals surface area contributed by atoms with Crippen molar-refractivity contribution < 1.29 is 4.79 Å². The molecule has 0 rings (SSSR count). The molecule has 0 spiro atoms. The van der Waals surface area contributed by atoms with Gasteiger partial charge in [-0.15, -0.1) is 0 Å². The molecule has 58 valence electrons. The van der Waals surface area contributed by atoms with Crippen molar-refractivity contribution >= 4 is 17.7 Å². The van der Waals surface area contributed by atoms with Crippen LogP contribution < -0.4 is 0 Å². The van der Waals surface area contributed by atoms with Crippen molar-refractivity contribution in [2.75, 3.05) is 0 Å². The van der Waals surface area contributed by atoms with Crippen LogP contribution in [0.3, 0.4) is 0 Å². The molecule has 2 nitrogen and oxygen atoms in total. The van der Waals surface area contributed by atoms with Gasteiger partial charge in [0.1, 0.15) is 0 Å². The Labute approximate surface area is 70.6 Å². The highest BCUT2D eigenvalue weighted by atomic mass is 35.5. The maximum absolute atomic E-state index is 9.80. The summed E-state index contributed by atoms with van der Waals surface area (Å²) in [7, 11) is 0. The van der Waals surface area contributed by atoms with E-state index in [0.29, 0.717) is 10.7 Å². The fourth-order valence-electron chi connectivity index (χ4n) is 0.427. The lowest BCUT2D eigenvalue weighted by Crippen LogP contribution is -1.69. The summed E-state index contributed by atoms with van der Waals surface area (Å²) in [6.07, 6.45) is 6.23. The second kappa shape index (κ2) is 5.66. The maximum atomic E-state index is 9.80. The lowest BCUT2D eigenvalue weighted by molar-refractivity contribution is 0.565. The zero-order valence-electron chi connectivity index (χ0n) is 6.17. The average Bonchev–Trinajstić information content (AvgIpc) is 1.97. The minimum atomic E-state index is 0.394. The van der Waals surface area contributed by atoms with Gasteiger partial charge in [0, 0.05) is 5.03 Å². The molecule has 0 heterocycles. The fraction of sp³-hybridized carbons (Fsp3) is 0.125. The fourth-order valence-corrected chi connectivity index (χ4v) is 0.490. The highest BCUT2D eigenvalue weighted by Crippen LogP contribution is 2.03. The van der Waals surface area contributed by atoms with E-state index in [1.165, 1.54) is 6.08 Å². The highest BCUT2D eigenvalue weighted by Gasteiger charge is 1.83. The summed E-state index contributed by atoms with van der Waals surface area (Å²) >= 11 is 5.43. The molecule has 0 aromatic heterocycles. The van der Waals surface area contributed by atoms with Gasteiger partial charge in [-0.25, -0.2) is 4.79 Å². The number of isocyanates is 1. The number of carbonyl (C=O) groups excluding carboxylic acids is 1. The molecular weight excluding hydrogens is 162 g/mol. The van der Waals surface area contributed by atoms with Gasteiger partial charge in [0.15, 0.2) is 0 Å². The third-order valence-electron chi connectivity index (χ3n) is 0.905. The number of halogens is 1. The van der Waals surface area contributed by atoms with Crippen LogP contribution in [0.5, 0.6) is 0 Å². The SMILES string of the molecule is C=C(Cl)/C=C\C(=C/C)N=C=O. The second-order valence-corrected chi connectivity index (χ2v) is 2.18. The summed E-state index contributed by atoms with van der Waals surface area (Å²) in [5.74, 6) is 0. The van der Waals surface area contributed by atoms with E-state index in [9.17, 15) is 4.79 Å². The van der Waals surface area contributed by atoms with Gasteiger partial charge in [0.05, 0.1) is 5.70 Å². The van der Waals surface area contributed by atoms with Gasteiger partial charge < -0.3 is 0 Å². The van der Waals surface area contributed by atoms with Gasteiger partial charge in [-0.05, 0) is 19.1 Å². The number of aliphatic imine (C=N–C) groups is 1. The Morgan fingerprint density at radius 3 is 2.64 bits per heavy atom. The summed E-state index contributed by atoms with van der Waals surface area (Å²) in [6.45, 7) is 5.19. The summed E-state index contributed by atoms with van der Waals surface area (Å²) in [5.41, 5.74) is 0.516. The predicted molar refractivity (Wildman–Crippen MR) is 46.0 cm³/mol. The monoisotopic (exact) mass is 169 g/mol. The van der Waals surface area contributed by atoms with E-state index in [1.807, 2.05) is 0 Å². The van der Waals surface area contributed by atoms with E-state index < -0.39 is 0 Å². The van der Waals surface area contributed by atoms with Crippen molar-refractivity contribution in [3.8, 4) is 0 Å². The van der Waals surface area contributed by atoms with Crippen LogP contribution in [0.1, 0.15) is 6.92 Å². The minimum absolute atomic E-state index is 0.394. The Morgan fingerprint density at radius 2 is 2.27 bits per heavy atom. The lowest BCUT2D eigenvalue weighted by Gasteiger charge is -1.85. The molecule has 0 aromatic rings. The van der Waals surface area contributed by atoms with Crippen molar-refractivity contribution in [1.82, 2.24) is 0 Å². The molecule has 0 N–H and O–H groups in total. The zero-order chi connectivity index (χ0) is 8.69. The van der Waals surface area contributed by atoms with Crippen LogP contribution in [0, 0.1) is 0 Å². The average molecular weight is 170 g/mol. The van der Waals surface area contributed by atoms with Crippen LogP contribution in [-0.2, 0) is 4.79 Å². The number of allylic oxidation sites excluding steroid dienone is 4. The molecule has 0 radical (unpaired) electrons. The van der Waals surface area contributed by atoms with E-state index in [2.05, 4.69) is 11.6 Å². The van der Waals surface area contributed by atoms with Gasteiger partial charge >= 0.3 is 0 Å². The quantitative estimate of drug-likeness (QED) is 0.363. The van der Waals surface area contributed by atoms with E-state index in [0.717, 1.165) is 0 Å². The molecule has 0 aromatic carbocycles. The van der Waals surface area contributed by atoms with E-state index in [4.69, 9.17) is 11.6 Å². The third kappa shape index (κ3) is 5.34. The Kier molecular flexibility index (Phi) is 5.09. The minimum Gasteiger partial charge on any atom is -0.211 e. The van der Waals surface area contributed by atoms with Crippen LogP contribution in [0.25, 0.3) is 0 Å². The summed E-state index contributed by atoms with van der Waals surface area (Å²) in [6, 6.07) is 0. The van der Waals surface area contributed by atoms with Crippen LogP contribution in [0.4, 0.5) is 0 Å². The first-order valence-electron chi connectivity index (χ1n) is 2.97. The summed E-state index contributed by atoms with van der Waals surface area (Å²) < 4.78 is 0. The Bertz CT molecular complexity index is 247. The molecule has 0 atom stereocenters. The van der Waals surface area contributed by atoms with E-state index in [1.54, 1.807) is 25.2 Å². The lowest BCUT2D eigenvalue weighted by atomic mass is 10.3. The number of nitrogens with zero attached hydrogens (tertiary/aromatic N) is 1. The Hall–Kier alpha value is -1.11. The molecule has 3 heteroatoms. The molecule has 0 amide bonds. The van der Waals surface area contributed by atoms with E-state index in [-0.39, 0.29) is 0 Å². The molecule has 0 aliphatic carbocycles. The molecule has 0 saturated heterocycles. The van der Waals surface area contributed by atoms with Gasteiger partial charge in [-0.1, -0.05) is 24.3 Å². The first-order valence-corrected chi connectivity index (χ1v) is 3.35. The highest BCUT2D eigenvalue weighted by molar-refractivity contribution is 6.30. The largest absolute Gasteiger partial charge is 0.240 e. The van der Waals surface area contributed by atoms with E-state index >= 15 is 0 Å². The number of hydrogen-bond donors (Lipinski definition) is 0. The van der Waals surface area contributed by atoms with Crippen LogP contribution in [0.2, 0.25) is 0 Å². The number of rotatable bonds is 3. The van der Waals surface area contributed by atoms with Gasteiger partial charge in [0.25, 0.3) is 0 Å². The Morgan fingerprint density at radius 1 is 1.64 bits per heavy atom. The molecule has 0 unspecified atom stereocenters. The van der Waals surface area contributed by atoms with Gasteiger partial charge in [-0.2, -0.15) is 4.99 Å².